The van der Waals surface area contributed by atoms with Crippen LogP contribution in [0.4, 0.5) is 5.82 Å². The summed E-state index contributed by atoms with van der Waals surface area (Å²) >= 11 is 0. The molecule has 0 unspecified atom stereocenters. The van der Waals surface area contributed by atoms with E-state index in [1.165, 1.54) is 12.8 Å². The van der Waals surface area contributed by atoms with Crippen LogP contribution in [0.25, 0.3) is 0 Å². The summed E-state index contributed by atoms with van der Waals surface area (Å²) in [7, 11) is 1.93. The molecule has 1 aliphatic rings. The minimum absolute atomic E-state index is 0.780. The Morgan fingerprint density at radius 1 is 1.44 bits per heavy atom. The van der Waals surface area contributed by atoms with Crippen molar-refractivity contribution in [2.45, 2.75) is 26.3 Å². The summed E-state index contributed by atoms with van der Waals surface area (Å²) in [5.74, 6) is 1.90. The van der Waals surface area contributed by atoms with Crippen LogP contribution >= 0.6 is 0 Å². The van der Waals surface area contributed by atoms with E-state index >= 15 is 0 Å². The minimum atomic E-state index is 0.780. The van der Waals surface area contributed by atoms with Gasteiger partial charge in [0.1, 0.15) is 5.82 Å². The van der Waals surface area contributed by atoms with Crippen LogP contribution in [0.3, 0.4) is 0 Å². The maximum absolute atomic E-state index is 4.62. The third kappa shape index (κ3) is 2.92. The van der Waals surface area contributed by atoms with Crippen molar-refractivity contribution in [3.05, 3.63) is 18.1 Å². The van der Waals surface area contributed by atoms with Gasteiger partial charge in [0.25, 0.3) is 0 Å². The van der Waals surface area contributed by atoms with E-state index in [4.69, 9.17) is 0 Å². The number of rotatable bonds is 6. The quantitative estimate of drug-likeness (QED) is 0.787. The fourth-order valence-electron chi connectivity index (χ4n) is 1.81. The molecular weight excluding hydrogens is 200 g/mol. The molecule has 1 saturated carbocycles. The zero-order chi connectivity index (χ0) is 11.4. The molecule has 1 heterocycles. The summed E-state index contributed by atoms with van der Waals surface area (Å²) in [6.45, 7) is 5.10. The van der Waals surface area contributed by atoms with Gasteiger partial charge in [-0.25, -0.2) is 4.98 Å². The predicted octanol–water partition coefficient (Wildman–Crippen LogP) is 1.43. The van der Waals surface area contributed by atoms with E-state index in [2.05, 4.69) is 27.1 Å². The number of hydrogen-bond donors (Lipinski definition) is 1. The van der Waals surface area contributed by atoms with Crippen LogP contribution in [-0.4, -0.2) is 30.1 Å². The monoisotopic (exact) mass is 220 g/mol. The number of nitrogens with one attached hydrogen (secondary N) is 1. The van der Waals surface area contributed by atoms with Gasteiger partial charge in [-0.15, -0.1) is 0 Å². The summed E-state index contributed by atoms with van der Waals surface area (Å²) < 4.78 is 0. The number of anilines is 1. The average Bonchev–Trinajstić information content (AvgIpc) is 3.10. The van der Waals surface area contributed by atoms with Crippen molar-refractivity contribution < 1.29 is 0 Å². The molecule has 0 amide bonds. The molecule has 0 aliphatic heterocycles. The van der Waals surface area contributed by atoms with Crippen molar-refractivity contribution >= 4 is 5.82 Å². The van der Waals surface area contributed by atoms with Crippen molar-refractivity contribution in [2.24, 2.45) is 5.92 Å². The standard InChI is InChI=1S/C12H20N4/c1-3-16(9-10-4-5-10)12-8-14-7-11(15-12)6-13-2/h7-8,10,13H,3-6,9H2,1-2H3. The van der Waals surface area contributed by atoms with Gasteiger partial charge in [0, 0.05) is 25.8 Å². The Morgan fingerprint density at radius 2 is 2.25 bits per heavy atom. The lowest BCUT2D eigenvalue weighted by atomic mass is 10.3. The summed E-state index contributed by atoms with van der Waals surface area (Å²) in [4.78, 5) is 11.2. The first-order valence-corrected chi connectivity index (χ1v) is 6.04. The lowest BCUT2D eigenvalue weighted by Gasteiger charge is -2.21. The van der Waals surface area contributed by atoms with Gasteiger partial charge < -0.3 is 10.2 Å². The minimum Gasteiger partial charge on any atom is -0.355 e. The zero-order valence-corrected chi connectivity index (χ0v) is 10.1. The molecule has 2 rings (SSSR count). The first-order valence-electron chi connectivity index (χ1n) is 6.04. The molecule has 0 saturated heterocycles. The van der Waals surface area contributed by atoms with E-state index in [-0.39, 0.29) is 0 Å². The number of hydrogen-bond acceptors (Lipinski definition) is 4. The van der Waals surface area contributed by atoms with E-state index < -0.39 is 0 Å². The molecular formula is C12H20N4. The van der Waals surface area contributed by atoms with E-state index in [9.17, 15) is 0 Å². The van der Waals surface area contributed by atoms with Crippen LogP contribution < -0.4 is 10.2 Å². The highest BCUT2D eigenvalue weighted by molar-refractivity contribution is 5.36. The van der Waals surface area contributed by atoms with Crippen molar-refractivity contribution in [1.82, 2.24) is 15.3 Å². The topological polar surface area (TPSA) is 41.1 Å². The lowest BCUT2D eigenvalue weighted by Crippen LogP contribution is -2.26. The van der Waals surface area contributed by atoms with Gasteiger partial charge in [0.15, 0.2) is 0 Å². The van der Waals surface area contributed by atoms with E-state index in [0.717, 1.165) is 37.1 Å². The van der Waals surface area contributed by atoms with Crippen molar-refractivity contribution in [3.63, 3.8) is 0 Å². The highest BCUT2D eigenvalue weighted by Gasteiger charge is 2.24. The first-order chi connectivity index (χ1) is 7.83. The fraction of sp³-hybridized carbons (Fsp3) is 0.667. The first kappa shape index (κ1) is 11.3. The highest BCUT2D eigenvalue weighted by atomic mass is 15.2. The van der Waals surface area contributed by atoms with Crippen molar-refractivity contribution in [3.8, 4) is 0 Å². The molecule has 1 fully saturated rings. The Morgan fingerprint density at radius 3 is 2.88 bits per heavy atom. The summed E-state index contributed by atoms with van der Waals surface area (Å²) in [6.07, 6.45) is 6.44. The SMILES string of the molecule is CCN(CC1CC1)c1cncc(CNC)n1. The Balaban J connectivity index is 2.06. The molecule has 0 atom stereocenters. The fourth-order valence-corrected chi connectivity index (χ4v) is 1.81. The van der Waals surface area contributed by atoms with E-state index in [1.807, 2.05) is 19.4 Å². The molecule has 0 spiro atoms. The van der Waals surface area contributed by atoms with Gasteiger partial charge in [-0.2, -0.15) is 0 Å². The van der Waals surface area contributed by atoms with Crippen molar-refractivity contribution in [2.75, 3.05) is 25.0 Å². The van der Waals surface area contributed by atoms with Gasteiger partial charge in [-0.1, -0.05) is 0 Å². The summed E-state index contributed by atoms with van der Waals surface area (Å²) in [5.41, 5.74) is 1.01. The van der Waals surface area contributed by atoms with Gasteiger partial charge in [0.05, 0.1) is 11.9 Å². The molecule has 1 aliphatic carbocycles. The molecule has 1 N–H and O–H groups in total. The Hall–Kier alpha value is -1.16. The van der Waals surface area contributed by atoms with Gasteiger partial charge in [-0.3, -0.25) is 4.98 Å². The second-order valence-corrected chi connectivity index (χ2v) is 4.38. The zero-order valence-electron chi connectivity index (χ0n) is 10.1. The lowest BCUT2D eigenvalue weighted by molar-refractivity contribution is 0.718. The van der Waals surface area contributed by atoms with Crippen LogP contribution in [0.5, 0.6) is 0 Å². The maximum atomic E-state index is 4.62. The molecule has 0 bridgehead atoms. The molecule has 1 aromatic rings. The maximum Gasteiger partial charge on any atom is 0.147 e. The average molecular weight is 220 g/mol. The van der Waals surface area contributed by atoms with Gasteiger partial charge in [0.2, 0.25) is 0 Å². The number of nitrogens with zero attached hydrogens (tertiary/aromatic N) is 3. The van der Waals surface area contributed by atoms with Gasteiger partial charge in [-0.05, 0) is 32.7 Å². The van der Waals surface area contributed by atoms with Crippen LogP contribution in [-0.2, 0) is 6.54 Å². The van der Waals surface area contributed by atoms with E-state index in [0.29, 0.717) is 0 Å². The van der Waals surface area contributed by atoms with Crippen molar-refractivity contribution in [1.29, 1.82) is 0 Å². The summed E-state index contributed by atoms with van der Waals surface area (Å²) in [5, 5.41) is 3.10. The predicted molar refractivity (Wildman–Crippen MR) is 65.4 cm³/mol. The van der Waals surface area contributed by atoms with Crippen LogP contribution in [0.2, 0.25) is 0 Å². The molecule has 88 valence electrons. The van der Waals surface area contributed by atoms with Crippen LogP contribution in [0.1, 0.15) is 25.5 Å². The second-order valence-electron chi connectivity index (χ2n) is 4.38. The third-order valence-electron chi connectivity index (χ3n) is 2.91. The molecule has 1 aromatic heterocycles. The largest absolute Gasteiger partial charge is 0.355 e. The molecule has 4 heteroatoms. The van der Waals surface area contributed by atoms with Crippen LogP contribution in [0.15, 0.2) is 12.4 Å². The molecule has 4 nitrogen and oxygen atoms in total. The normalized spacial score (nSPS) is 15.1. The van der Waals surface area contributed by atoms with E-state index in [1.54, 1.807) is 0 Å². The number of aromatic nitrogens is 2. The Bertz CT molecular complexity index is 336. The summed E-state index contributed by atoms with van der Waals surface area (Å²) in [6, 6.07) is 0. The smallest absolute Gasteiger partial charge is 0.147 e. The highest BCUT2D eigenvalue weighted by Crippen LogP contribution is 2.30. The molecule has 0 radical (unpaired) electrons. The van der Waals surface area contributed by atoms with Crippen LogP contribution in [0, 0.1) is 5.92 Å². The Kier molecular flexibility index (Phi) is 3.72. The molecule has 0 aromatic carbocycles. The Labute approximate surface area is 97.1 Å². The second kappa shape index (κ2) is 5.25. The third-order valence-corrected chi connectivity index (χ3v) is 2.91. The van der Waals surface area contributed by atoms with Gasteiger partial charge >= 0.3 is 0 Å². The molecule has 16 heavy (non-hydrogen) atoms.